The summed E-state index contributed by atoms with van der Waals surface area (Å²) in [5.41, 5.74) is 0. The van der Waals surface area contributed by atoms with Gasteiger partial charge in [0.25, 0.3) is 0 Å². The first kappa shape index (κ1) is 13.9. The number of aromatic nitrogens is 1. The number of nitrogens with zero attached hydrogens (tertiary/aromatic N) is 1. The van der Waals surface area contributed by atoms with Crippen LogP contribution in [-0.4, -0.2) is 28.1 Å². The van der Waals surface area contributed by atoms with Gasteiger partial charge in [0.2, 0.25) is 0 Å². The number of carboxylic acid groups (broad SMARTS) is 1. The summed E-state index contributed by atoms with van der Waals surface area (Å²) in [6.45, 7) is 3.44. The standard InChI is InChI=1S/C9H12BrN3O3S/c1-4(2)6(7(14)15)12-8(16)13-9-11-3-5(10)17-9/h3-4,6H,1-2H3,(H,14,15)(H2,11,12,13,16)/t6-/m0/s1. The van der Waals surface area contributed by atoms with Gasteiger partial charge in [0.15, 0.2) is 5.13 Å². The zero-order valence-electron chi connectivity index (χ0n) is 9.23. The second-order valence-electron chi connectivity index (χ2n) is 3.63. The minimum atomic E-state index is -1.06. The number of amides is 2. The zero-order chi connectivity index (χ0) is 13.0. The van der Waals surface area contributed by atoms with Crippen molar-refractivity contribution >= 4 is 44.4 Å². The number of halogens is 1. The molecule has 0 unspecified atom stereocenters. The molecule has 0 aliphatic heterocycles. The van der Waals surface area contributed by atoms with E-state index in [9.17, 15) is 9.59 Å². The third kappa shape index (κ3) is 4.31. The van der Waals surface area contributed by atoms with Crippen molar-refractivity contribution in [2.75, 3.05) is 5.32 Å². The number of hydrogen-bond acceptors (Lipinski definition) is 4. The lowest BCUT2D eigenvalue weighted by Crippen LogP contribution is -2.46. The number of carboxylic acids is 1. The van der Waals surface area contributed by atoms with E-state index in [4.69, 9.17) is 5.11 Å². The van der Waals surface area contributed by atoms with Crippen LogP contribution in [0.2, 0.25) is 0 Å². The molecule has 0 aliphatic carbocycles. The number of aliphatic carboxylic acids is 1. The van der Waals surface area contributed by atoms with Crippen LogP contribution in [0.5, 0.6) is 0 Å². The van der Waals surface area contributed by atoms with Gasteiger partial charge < -0.3 is 10.4 Å². The summed E-state index contributed by atoms with van der Waals surface area (Å²) in [4.78, 5) is 26.3. The van der Waals surface area contributed by atoms with Crippen LogP contribution in [0, 0.1) is 5.92 Å². The van der Waals surface area contributed by atoms with Crippen LogP contribution in [-0.2, 0) is 4.79 Å². The predicted molar refractivity (Wildman–Crippen MR) is 68.2 cm³/mol. The Labute approximate surface area is 111 Å². The fraction of sp³-hybridized carbons (Fsp3) is 0.444. The van der Waals surface area contributed by atoms with E-state index >= 15 is 0 Å². The molecule has 1 rings (SSSR count). The van der Waals surface area contributed by atoms with Crippen LogP contribution < -0.4 is 10.6 Å². The van der Waals surface area contributed by atoms with Gasteiger partial charge in [0, 0.05) is 0 Å². The molecule has 1 heterocycles. The molecular weight excluding hydrogens is 310 g/mol. The summed E-state index contributed by atoms with van der Waals surface area (Å²) in [6, 6.07) is -1.49. The van der Waals surface area contributed by atoms with Gasteiger partial charge >= 0.3 is 12.0 Å². The van der Waals surface area contributed by atoms with E-state index in [0.717, 1.165) is 3.79 Å². The second-order valence-corrected chi connectivity index (χ2v) is 6.04. The minimum Gasteiger partial charge on any atom is -0.480 e. The van der Waals surface area contributed by atoms with Crippen LogP contribution in [0.4, 0.5) is 9.93 Å². The van der Waals surface area contributed by atoms with Gasteiger partial charge in [-0.2, -0.15) is 0 Å². The molecule has 1 atom stereocenters. The Kier molecular flexibility index (Phi) is 4.88. The SMILES string of the molecule is CC(C)[C@H](NC(=O)Nc1ncc(Br)s1)C(=O)O. The number of rotatable bonds is 4. The van der Waals surface area contributed by atoms with Crippen molar-refractivity contribution in [2.45, 2.75) is 19.9 Å². The van der Waals surface area contributed by atoms with E-state index in [-0.39, 0.29) is 5.92 Å². The molecule has 2 amide bonds. The quantitative estimate of drug-likeness (QED) is 0.792. The van der Waals surface area contributed by atoms with Crippen molar-refractivity contribution in [1.82, 2.24) is 10.3 Å². The van der Waals surface area contributed by atoms with Crippen molar-refractivity contribution in [3.8, 4) is 0 Å². The third-order valence-electron chi connectivity index (χ3n) is 1.92. The number of hydrogen-bond donors (Lipinski definition) is 3. The first-order chi connectivity index (χ1) is 7.90. The van der Waals surface area contributed by atoms with Gasteiger partial charge in [-0.15, -0.1) is 0 Å². The lowest BCUT2D eigenvalue weighted by Gasteiger charge is -2.17. The molecule has 0 radical (unpaired) electrons. The molecule has 17 heavy (non-hydrogen) atoms. The molecule has 8 heteroatoms. The Morgan fingerprint density at radius 3 is 2.59 bits per heavy atom. The topological polar surface area (TPSA) is 91.3 Å². The summed E-state index contributed by atoms with van der Waals surface area (Å²) < 4.78 is 0.784. The van der Waals surface area contributed by atoms with Gasteiger partial charge in [-0.05, 0) is 21.8 Å². The highest BCUT2D eigenvalue weighted by Gasteiger charge is 2.23. The van der Waals surface area contributed by atoms with Crippen LogP contribution in [0.1, 0.15) is 13.8 Å². The molecular formula is C9H12BrN3O3S. The maximum atomic E-state index is 11.5. The molecule has 1 aromatic heterocycles. The summed E-state index contributed by atoms with van der Waals surface area (Å²) in [5, 5.41) is 14.1. The van der Waals surface area contributed by atoms with Crippen LogP contribution >= 0.6 is 27.3 Å². The monoisotopic (exact) mass is 321 g/mol. The average molecular weight is 322 g/mol. The fourth-order valence-corrected chi connectivity index (χ4v) is 2.20. The van der Waals surface area contributed by atoms with Crippen molar-refractivity contribution < 1.29 is 14.7 Å². The minimum absolute atomic E-state index is 0.193. The van der Waals surface area contributed by atoms with Crippen molar-refractivity contribution in [2.24, 2.45) is 5.92 Å². The molecule has 0 spiro atoms. The molecule has 0 fully saturated rings. The van der Waals surface area contributed by atoms with Crippen molar-refractivity contribution in [3.05, 3.63) is 9.98 Å². The normalized spacial score (nSPS) is 12.2. The molecule has 0 aromatic carbocycles. The van der Waals surface area contributed by atoms with Gasteiger partial charge in [-0.3, -0.25) is 5.32 Å². The average Bonchev–Trinajstić information content (AvgIpc) is 2.59. The molecule has 94 valence electrons. The molecule has 0 bridgehead atoms. The summed E-state index contributed by atoms with van der Waals surface area (Å²) in [7, 11) is 0. The first-order valence-electron chi connectivity index (χ1n) is 4.81. The van der Waals surface area contributed by atoms with Gasteiger partial charge in [0.1, 0.15) is 6.04 Å². The predicted octanol–water partition coefficient (Wildman–Crippen LogP) is 2.14. The highest BCUT2D eigenvalue weighted by molar-refractivity contribution is 9.11. The zero-order valence-corrected chi connectivity index (χ0v) is 11.6. The largest absolute Gasteiger partial charge is 0.480 e. The highest BCUT2D eigenvalue weighted by atomic mass is 79.9. The number of carbonyl (C=O) groups excluding carboxylic acids is 1. The molecule has 6 nitrogen and oxygen atoms in total. The Bertz CT molecular complexity index is 421. The number of anilines is 1. The number of carbonyl (C=O) groups is 2. The van der Waals surface area contributed by atoms with E-state index in [1.54, 1.807) is 20.0 Å². The number of urea groups is 1. The summed E-state index contributed by atoms with van der Waals surface area (Å²) in [5.74, 6) is -1.25. The van der Waals surface area contributed by atoms with E-state index in [1.165, 1.54) is 11.3 Å². The smallest absolute Gasteiger partial charge is 0.326 e. The lowest BCUT2D eigenvalue weighted by atomic mass is 10.1. The van der Waals surface area contributed by atoms with E-state index < -0.39 is 18.0 Å². The molecule has 3 N–H and O–H groups in total. The first-order valence-corrected chi connectivity index (χ1v) is 6.42. The second kappa shape index (κ2) is 5.97. The number of thiazole rings is 1. The Morgan fingerprint density at radius 1 is 1.53 bits per heavy atom. The van der Waals surface area contributed by atoms with Crippen LogP contribution in [0.25, 0.3) is 0 Å². The fourth-order valence-electron chi connectivity index (χ4n) is 1.10. The van der Waals surface area contributed by atoms with Crippen LogP contribution in [0.15, 0.2) is 9.98 Å². The highest BCUT2D eigenvalue weighted by Crippen LogP contribution is 2.22. The van der Waals surface area contributed by atoms with E-state index in [0.29, 0.717) is 5.13 Å². The molecule has 0 saturated heterocycles. The molecule has 0 saturated carbocycles. The Balaban J connectivity index is 2.56. The van der Waals surface area contributed by atoms with E-state index in [2.05, 4.69) is 31.5 Å². The Hall–Kier alpha value is -1.15. The maximum Gasteiger partial charge on any atom is 0.326 e. The van der Waals surface area contributed by atoms with E-state index in [1.807, 2.05) is 0 Å². The Morgan fingerprint density at radius 2 is 2.18 bits per heavy atom. The summed E-state index contributed by atoms with van der Waals surface area (Å²) >= 11 is 4.46. The van der Waals surface area contributed by atoms with Gasteiger partial charge in [-0.1, -0.05) is 25.2 Å². The third-order valence-corrected chi connectivity index (χ3v) is 3.31. The lowest BCUT2D eigenvalue weighted by molar-refractivity contribution is -0.140. The number of nitrogens with one attached hydrogen (secondary N) is 2. The van der Waals surface area contributed by atoms with Crippen molar-refractivity contribution in [3.63, 3.8) is 0 Å². The van der Waals surface area contributed by atoms with Gasteiger partial charge in [-0.25, -0.2) is 14.6 Å². The summed E-state index contributed by atoms with van der Waals surface area (Å²) in [6.07, 6.45) is 1.55. The van der Waals surface area contributed by atoms with Gasteiger partial charge in [0.05, 0.1) is 9.98 Å². The maximum absolute atomic E-state index is 11.5. The van der Waals surface area contributed by atoms with Crippen molar-refractivity contribution in [1.29, 1.82) is 0 Å². The van der Waals surface area contributed by atoms with Crippen LogP contribution in [0.3, 0.4) is 0 Å². The molecule has 1 aromatic rings. The molecule has 0 aliphatic rings.